The van der Waals surface area contributed by atoms with Gasteiger partial charge in [0.25, 0.3) is 0 Å². The minimum atomic E-state index is -0.697. The number of fused-ring (bicyclic) bond motifs is 1. The third kappa shape index (κ3) is 7.39. The molecule has 1 aromatic carbocycles. The predicted octanol–water partition coefficient (Wildman–Crippen LogP) is 4.95. The van der Waals surface area contributed by atoms with Crippen LogP contribution in [-0.2, 0) is 11.2 Å². The number of aromatic nitrogens is 3. The zero-order chi connectivity index (χ0) is 24.5. The lowest BCUT2D eigenvalue weighted by molar-refractivity contribution is -0.137. The van der Waals surface area contributed by atoms with Gasteiger partial charge >= 0.3 is 5.97 Å². The molecule has 2 atom stereocenters. The Bertz CT molecular complexity index is 1100. The van der Waals surface area contributed by atoms with E-state index >= 15 is 0 Å². The van der Waals surface area contributed by atoms with Crippen molar-refractivity contribution in [3.05, 3.63) is 54.6 Å². The van der Waals surface area contributed by atoms with Crippen LogP contribution >= 0.6 is 11.8 Å². The summed E-state index contributed by atoms with van der Waals surface area (Å²) >= 11 is 1.75. The second-order valence-electron chi connectivity index (χ2n) is 9.18. The summed E-state index contributed by atoms with van der Waals surface area (Å²) in [7, 11) is 1.69. The highest BCUT2D eigenvalue weighted by Gasteiger charge is 2.29. The van der Waals surface area contributed by atoms with Crippen LogP contribution in [0.4, 0.5) is 0 Å². The van der Waals surface area contributed by atoms with Gasteiger partial charge in [0.05, 0.1) is 17.7 Å². The molecule has 1 fully saturated rings. The Morgan fingerprint density at radius 3 is 2.89 bits per heavy atom. The zero-order valence-corrected chi connectivity index (χ0v) is 21.1. The van der Waals surface area contributed by atoms with Crippen LogP contribution in [0.2, 0.25) is 0 Å². The van der Waals surface area contributed by atoms with Crippen LogP contribution in [0.25, 0.3) is 10.9 Å². The van der Waals surface area contributed by atoms with E-state index in [1.54, 1.807) is 31.4 Å². The van der Waals surface area contributed by atoms with Gasteiger partial charge < -0.3 is 14.7 Å². The molecule has 3 aromatic rings. The van der Waals surface area contributed by atoms with Gasteiger partial charge in [0.15, 0.2) is 0 Å². The lowest BCUT2D eigenvalue weighted by Gasteiger charge is -2.39. The average molecular weight is 495 g/mol. The number of nitrogens with zero attached hydrogens (tertiary/aromatic N) is 4. The lowest BCUT2D eigenvalue weighted by Crippen LogP contribution is -2.41. The number of aryl methyl sites for hydroxylation is 1. The predicted molar refractivity (Wildman–Crippen MR) is 139 cm³/mol. The largest absolute Gasteiger partial charge is 0.497 e. The van der Waals surface area contributed by atoms with Gasteiger partial charge in [-0.25, -0.2) is 9.97 Å². The monoisotopic (exact) mass is 494 g/mol. The van der Waals surface area contributed by atoms with E-state index in [2.05, 4.69) is 32.0 Å². The molecule has 0 radical (unpaired) electrons. The Morgan fingerprint density at radius 2 is 2.09 bits per heavy atom. The molecule has 0 amide bonds. The molecular weight excluding hydrogens is 460 g/mol. The van der Waals surface area contributed by atoms with Gasteiger partial charge in [0.1, 0.15) is 12.1 Å². The van der Waals surface area contributed by atoms with Crippen molar-refractivity contribution in [2.75, 3.05) is 32.5 Å². The van der Waals surface area contributed by atoms with E-state index in [9.17, 15) is 9.90 Å². The van der Waals surface area contributed by atoms with E-state index in [0.29, 0.717) is 11.8 Å². The summed E-state index contributed by atoms with van der Waals surface area (Å²) in [5.41, 5.74) is 2.30. The molecular formula is C27H34N4O3S. The van der Waals surface area contributed by atoms with E-state index in [1.807, 2.05) is 24.4 Å². The molecule has 0 spiro atoms. The number of carbonyl (C=O) groups is 1. The quantitative estimate of drug-likeness (QED) is 0.279. The molecule has 0 bridgehead atoms. The number of hydrogen-bond acceptors (Lipinski definition) is 7. The summed E-state index contributed by atoms with van der Waals surface area (Å²) in [5, 5.41) is 11.4. The van der Waals surface area contributed by atoms with Gasteiger partial charge in [0, 0.05) is 43.0 Å². The van der Waals surface area contributed by atoms with Crippen molar-refractivity contribution in [2.24, 2.45) is 11.8 Å². The Hall–Kier alpha value is -2.71. The molecule has 186 valence electrons. The van der Waals surface area contributed by atoms with E-state index in [1.165, 1.54) is 5.56 Å². The second-order valence-corrected chi connectivity index (χ2v) is 10.3. The van der Waals surface area contributed by atoms with Crippen LogP contribution in [0.15, 0.2) is 54.1 Å². The van der Waals surface area contributed by atoms with Crippen LogP contribution < -0.4 is 4.74 Å². The molecule has 2 aromatic heterocycles. The maximum absolute atomic E-state index is 11.3. The van der Waals surface area contributed by atoms with Crippen molar-refractivity contribution in [3.63, 3.8) is 0 Å². The van der Waals surface area contributed by atoms with Crippen molar-refractivity contribution in [1.29, 1.82) is 0 Å². The molecule has 1 aliphatic rings. The fourth-order valence-corrected chi connectivity index (χ4v) is 5.94. The number of thioether (sulfide) groups is 1. The van der Waals surface area contributed by atoms with Crippen molar-refractivity contribution < 1.29 is 14.6 Å². The average Bonchev–Trinajstić information content (AvgIpc) is 2.88. The van der Waals surface area contributed by atoms with Crippen molar-refractivity contribution in [1.82, 2.24) is 19.9 Å². The first-order chi connectivity index (χ1) is 17.1. The Balaban J connectivity index is 1.31. The SMILES string of the molecule is COc1ccc2nccc(CCC[C@@H]3CCN(CCSc4ccncn4)C[C@@H]3CCC(=O)O)c2c1. The van der Waals surface area contributed by atoms with E-state index in [-0.39, 0.29) is 6.42 Å². The topological polar surface area (TPSA) is 88.4 Å². The molecule has 35 heavy (non-hydrogen) atoms. The summed E-state index contributed by atoms with van der Waals surface area (Å²) in [5.74, 6) is 2.13. The number of piperidine rings is 1. The number of rotatable bonds is 12. The summed E-state index contributed by atoms with van der Waals surface area (Å²) < 4.78 is 5.41. The number of carboxylic acids is 1. The summed E-state index contributed by atoms with van der Waals surface area (Å²) in [4.78, 5) is 26.5. The number of likely N-dealkylation sites (tertiary alicyclic amines) is 1. The third-order valence-electron chi connectivity index (χ3n) is 6.98. The molecule has 0 unspecified atom stereocenters. The first-order valence-electron chi connectivity index (χ1n) is 12.4. The summed E-state index contributed by atoms with van der Waals surface area (Å²) in [6.45, 7) is 3.06. The van der Waals surface area contributed by atoms with Gasteiger partial charge in [-0.1, -0.05) is 0 Å². The van der Waals surface area contributed by atoms with E-state index < -0.39 is 5.97 Å². The highest BCUT2D eigenvalue weighted by Crippen LogP contribution is 2.32. The highest BCUT2D eigenvalue weighted by atomic mass is 32.2. The molecule has 1 aliphatic heterocycles. The standard InChI is InChI=1S/C27H34N4O3S/c1-34-23-6-7-25-24(17-23)21(9-13-29-25)4-2-3-20-11-14-31(18-22(20)5-8-27(32)33)15-16-35-26-10-12-28-19-30-26/h6-7,9-10,12-13,17,19-20,22H,2-5,8,11,14-16,18H2,1H3,(H,32,33)/t20-,22+/m1/s1. The normalized spacial score (nSPS) is 18.5. The molecule has 4 rings (SSSR count). The number of pyridine rings is 1. The molecule has 7 nitrogen and oxygen atoms in total. The number of ether oxygens (including phenoxy) is 1. The highest BCUT2D eigenvalue weighted by molar-refractivity contribution is 7.99. The summed E-state index contributed by atoms with van der Waals surface area (Å²) in [6.07, 6.45) is 10.6. The molecule has 1 saturated heterocycles. The van der Waals surface area contributed by atoms with E-state index in [4.69, 9.17) is 4.74 Å². The van der Waals surface area contributed by atoms with Crippen molar-refractivity contribution in [2.45, 2.75) is 43.6 Å². The van der Waals surface area contributed by atoms with Crippen molar-refractivity contribution in [3.8, 4) is 5.75 Å². The van der Waals surface area contributed by atoms with Gasteiger partial charge in [-0.2, -0.15) is 0 Å². The van der Waals surface area contributed by atoms with Gasteiger partial charge in [0.2, 0.25) is 0 Å². The molecule has 0 saturated carbocycles. The number of hydrogen-bond donors (Lipinski definition) is 1. The van der Waals surface area contributed by atoms with Gasteiger partial charge in [-0.05, 0) is 86.4 Å². The van der Waals surface area contributed by atoms with Crippen LogP contribution in [0.1, 0.15) is 37.7 Å². The minimum Gasteiger partial charge on any atom is -0.497 e. The fraction of sp³-hybridized carbons (Fsp3) is 0.481. The van der Waals surface area contributed by atoms with Crippen molar-refractivity contribution >= 4 is 28.6 Å². The maximum atomic E-state index is 11.3. The van der Waals surface area contributed by atoms with Gasteiger partial charge in [-0.3, -0.25) is 9.78 Å². The van der Waals surface area contributed by atoms with Crippen LogP contribution in [0.5, 0.6) is 5.75 Å². The smallest absolute Gasteiger partial charge is 0.303 e. The second kappa shape index (κ2) is 12.8. The first kappa shape index (κ1) is 25.4. The van der Waals surface area contributed by atoms with Crippen LogP contribution in [-0.4, -0.2) is 63.4 Å². The van der Waals surface area contributed by atoms with E-state index in [0.717, 1.165) is 79.2 Å². The number of benzene rings is 1. The Labute approximate surface area is 211 Å². The number of carboxylic acid groups (broad SMARTS) is 1. The number of aliphatic carboxylic acids is 1. The molecule has 1 N–H and O–H groups in total. The Morgan fingerprint density at radius 1 is 1.17 bits per heavy atom. The maximum Gasteiger partial charge on any atom is 0.303 e. The lowest BCUT2D eigenvalue weighted by atomic mass is 9.79. The molecule has 3 heterocycles. The molecule has 8 heteroatoms. The summed E-state index contributed by atoms with van der Waals surface area (Å²) in [6, 6.07) is 10.1. The zero-order valence-electron chi connectivity index (χ0n) is 20.3. The van der Waals surface area contributed by atoms with Crippen LogP contribution in [0.3, 0.4) is 0 Å². The first-order valence-corrected chi connectivity index (χ1v) is 13.4. The molecule has 0 aliphatic carbocycles. The fourth-order valence-electron chi connectivity index (χ4n) is 5.10. The minimum absolute atomic E-state index is 0.249. The van der Waals surface area contributed by atoms with Gasteiger partial charge in [-0.15, -0.1) is 11.8 Å². The van der Waals surface area contributed by atoms with Crippen LogP contribution in [0, 0.1) is 11.8 Å². The third-order valence-corrected chi connectivity index (χ3v) is 7.90. The Kier molecular flexibility index (Phi) is 9.31. The number of methoxy groups -OCH3 is 1.